The van der Waals surface area contributed by atoms with E-state index in [4.69, 9.17) is 14.5 Å². The molecule has 0 aliphatic heterocycles. The van der Waals surface area contributed by atoms with Gasteiger partial charge in [-0.1, -0.05) is 50.6 Å². The van der Waals surface area contributed by atoms with E-state index in [9.17, 15) is 4.79 Å². The Bertz CT molecular complexity index is 1290. The maximum Gasteiger partial charge on any atom is 0.251 e. The van der Waals surface area contributed by atoms with Crippen LogP contribution < -0.4 is 14.8 Å². The lowest BCUT2D eigenvalue weighted by Crippen LogP contribution is -2.24. The number of fused-ring (bicyclic) bond motifs is 1. The number of rotatable bonds is 13. The molecule has 0 unspecified atom stereocenters. The van der Waals surface area contributed by atoms with Crippen molar-refractivity contribution in [1.29, 1.82) is 0 Å². The second-order valence-corrected chi connectivity index (χ2v) is 9.54. The van der Waals surface area contributed by atoms with Gasteiger partial charge in [-0.3, -0.25) is 4.79 Å². The summed E-state index contributed by atoms with van der Waals surface area (Å²) in [6.45, 7) is 6.37. The number of ether oxygens (including phenoxy) is 2. The highest BCUT2D eigenvalue weighted by Crippen LogP contribution is 2.20. The summed E-state index contributed by atoms with van der Waals surface area (Å²) in [4.78, 5) is 17.3. The van der Waals surface area contributed by atoms with Crippen LogP contribution in [0.4, 0.5) is 0 Å². The lowest BCUT2D eigenvalue weighted by molar-refractivity contribution is 0.0952. The molecule has 0 spiro atoms. The van der Waals surface area contributed by atoms with Gasteiger partial charge in [0.25, 0.3) is 5.91 Å². The molecule has 3 aromatic carbocycles. The number of aromatic nitrogens is 2. The van der Waals surface area contributed by atoms with Crippen LogP contribution in [0, 0.1) is 0 Å². The lowest BCUT2D eigenvalue weighted by atomic mass is 10.0. The number of imidazole rings is 1. The van der Waals surface area contributed by atoms with Crippen molar-refractivity contribution in [3.05, 3.63) is 89.7 Å². The Morgan fingerprint density at radius 2 is 1.76 bits per heavy atom. The van der Waals surface area contributed by atoms with E-state index >= 15 is 0 Å². The third kappa shape index (κ3) is 7.13. The SMILES string of the molecule is COc1cccc(C(=O)NCCCCCc2nc3ccccc3n2CCOc2ccc(C(C)C)cc2)c1. The smallest absolute Gasteiger partial charge is 0.251 e. The number of amides is 1. The molecule has 6 heteroatoms. The van der Waals surface area contributed by atoms with Crippen LogP contribution in [0.5, 0.6) is 11.5 Å². The van der Waals surface area contributed by atoms with Gasteiger partial charge in [-0.05, 0) is 66.8 Å². The Morgan fingerprint density at radius 1 is 0.946 bits per heavy atom. The maximum atomic E-state index is 12.4. The van der Waals surface area contributed by atoms with Crippen molar-refractivity contribution in [3.8, 4) is 11.5 Å². The van der Waals surface area contributed by atoms with Crippen molar-refractivity contribution >= 4 is 16.9 Å². The topological polar surface area (TPSA) is 65.4 Å². The van der Waals surface area contributed by atoms with Crippen LogP contribution in [0.2, 0.25) is 0 Å². The third-order valence-corrected chi connectivity index (χ3v) is 6.56. The van der Waals surface area contributed by atoms with Gasteiger partial charge in [0.05, 0.1) is 24.7 Å². The zero-order valence-electron chi connectivity index (χ0n) is 22.1. The number of carbonyl (C=O) groups is 1. The summed E-state index contributed by atoms with van der Waals surface area (Å²) in [5.74, 6) is 3.11. The average Bonchev–Trinajstić information content (AvgIpc) is 3.28. The van der Waals surface area contributed by atoms with Gasteiger partial charge in [-0.2, -0.15) is 0 Å². The van der Waals surface area contributed by atoms with Gasteiger partial charge in [0.2, 0.25) is 0 Å². The lowest BCUT2D eigenvalue weighted by Gasteiger charge is -2.12. The van der Waals surface area contributed by atoms with Gasteiger partial charge in [0.15, 0.2) is 0 Å². The van der Waals surface area contributed by atoms with E-state index in [1.807, 2.05) is 18.2 Å². The van der Waals surface area contributed by atoms with Crippen LogP contribution in [0.25, 0.3) is 11.0 Å². The summed E-state index contributed by atoms with van der Waals surface area (Å²) in [5.41, 5.74) is 4.09. The van der Waals surface area contributed by atoms with E-state index in [1.165, 1.54) is 5.56 Å². The number of hydrogen-bond acceptors (Lipinski definition) is 4. The van der Waals surface area contributed by atoms with E-state index in [1.54, 1.807) is 19.2 Å². The van der Waals surface area contributed by atoms with Crippen molar-refractivity contribution in [1.82, 2.24) is 14.9 Å². The molecule has 0 fully saturated rings. The number of unbranched alkanes of at least 4 members (excludes halogenated alkanes) is 2. The quantitative estimate of drug-likeness (QED) is 0.217. The van der Waals surface area contributed by atoms with E-state index in [0.717, 1.165) is 54.8 Å². The van der Waals surface area contributed by atoms with Crippen LogP contribution in [-0.4, -0.2) is 35.7 Å². The van der Waals surface area contributed by atoms with Gasteiger partial charge < -0.3 is 19.4 Å². The minimum Gasteiger partial charge on any atom is -0.497 e. The number of hydrogen-bond donors (Lipinski definition) is 1. The van der Waals surface area contributed by atoms with E-state index in [2.05, 4.69) is 66.2 Å². The number of carbonyl (C=O) groups excluding carboxylic acids is 1. The zero-order chi connectivity index (χ0) is 26.0. The molecule has 0 saturated carbocycles. The highest BCUT2D eigenvalue weighted by Gasteiger charge is 2.11. The van der Waals surface area contributed by atoms with E-state index in [-0.39, 0.29) is 5.91 Å². The summed E-state index contributed by atoms with van der Waals surface area (Å²) in [6.07, 6.45) is 3.84. The van der Waals surface area contributed by atoms with Crippen molar-refractivity contribution < 1.29 is 14.3 Å². The molecule has 194 valence electrons. The first kappa shape index (κ1) is 26.3. The largest absolute Gasteiger partial charge is 0.497 e. The first-order valence-corrected chi connectivity index (χ1v) is 13.1. The fourth-order valence-corrected chi connectivity index (χ4v) is 4.42. The standard InChI is InChI=1S/C31H37N3O3/c1-23(2)24-15-17-26(18-16-24)37-21-20-34-29-13-7-6-12-28(29)33-30(34)14-5-4-8-19-32-31(35)25-10-9-11-27(22-25)36-3/h6-7,9-13,15-18,22-23H,4-5,8,14,19-21H2,1-3H3,(H,32,35). The molecule has 0 radical (unpaired) electrons. The Morgan fingerprint density at radius 3 is 2.54 bits per heavy atom. The zero-order valence-corrected chi connectivity index (χ0v) is 22.1. The fraction of sp³-hybridized carbons (Fsp3) is 0.355. The molecule has 1 amide bonds. The Hall–Kier alpha value is -3.80. The molecule has 6 nitrogen and oxygen atoms in total. The van der Waals surface area contributed by atoms with Crippen LogP contribution in [0.3, 0.4) is 0 Å². The second-order valence-electron chi connectivity index (χ2n) is 9.54. The van der Waals surface area contributed by atoms with E-state index in [0.29, 0.717) is 30.4 Å². The van der Waals surface area contributed by atoms with Crippen LogP contribution in [0.15, 0.2) is 72.8 Å². The molecule has 4 aromatic rings. The minimum atomic E-state index is -0.0699. The summed E-state index contributed by atoms with van der Waals surface area (Å²) in [7, 11) is 1.60. The molecule has 37 heavy (non-hydrogen) atoms. The maximum absolute atomic E-state index is 12.4. The molecule has 0 atom stereocenters. The van der Waals surface area contributed by atoms with Gasteiger partial charge in [-0.15, -0.1) is 0 Å². The van der Waals surface area contributed by atoms with Gasteiger partial charge in [0, 0.05) is 18.5 Å². The first-order chi connectivity index (χ1) is 18.0. The highest BCUT2D eigenvalue weighted by atomic mass is 16.5. The predicted octanol–water partition coefficient (Wildman–Crippen LogP) is 6.39. The Balaban J connectivity index is 1.26. The number of benzene rings is 3. The molecule has 0 bridgehead atoms. The number of aryl methyl sites for hydroxylation is 1. The van der Waals surface area contributed by atoms with Crippen molar-refractivity contribution in [3.63, 3.8) is 0 Å². The molecule has 0 saturated heterocycles. The fourth-order valence-electron chi connectivity index (χ4n) is 4.42. The van der Waals surface area contributed by atoms with Crippen molar-refractivity contribution in [2.24, 2.45) is 0 Å². The van der Waals surface area contributed by atoms with Gasteiger partial charge >= 0.3 is 0 Å². The summed E-state index contributed by atoms with van der Waals surface area (Å²) in [6, 6.07) is 23.9. The number of methoxy groups -OCH3 is 1. The molecule has 1 heterocycles. The average molecular weight is 500 g/mol. The number of nitrogens with zero attached hydrogens (tertiary/aromatic N) is 2. The molecule has 1 aromatic heterocycles. The predicted molar refractivity (Wildman–Crippen MR) is 149 cm³/mol. The third-order valence-electron chi connectivity index (χ3n) is 6.56. The molecule has 0 aliphatic rings. The number of para-hydroxylation sites is 2. The second kappa shape index (κ2) is 12.9. The highest BCUT2D eigenvalue weighted by molar-refractivity contribution is 5.94. The van der Waals surface area contributed by atoms with Gasteiger partial charge in [0.1, 0.15) is 23.9 Å². The first-order valence-electron chi connectivity index (χ1n) is 13.1. The normalized spacial score (nSPS) is 11.1. The summed E-state index contributed by atoms with van der Waals surface area (Å²) >= 11 is 0. The summed E-state index contributed by atoms with van der Waals surface area (Å²) < 4.78 is 13.5. The Labute approximate surface area is 219 Å². The van der Waals surface area contributed by atoms with Crippen LogP contribution in [0.1, 0.15) is 60.8 Å². The van der Waals surface area contributed by atoms with Crippen molar-refractivity contribution in [2.45, 2.75) is 52.0 Å². The molecule has 4 rings (SSSR count). The minimum absolute atomic E-state index is 0.0699. The van der Waals surface area contributed by atoms with Crippen LogP contribution >= 0.6 is 0 Å². The molecular formula is C31H37N3O3. The monoisotopic (exact) mass is 499 g/mol. The van der Waals surface area contributed by atoms with Crippen molar-refractivity contribution in [2.75, 3.05) is 20.3 Å². The van der Waals surface area contributed by atoms with Crippen LogP contribution in [-0.2, 0) is 13.0 Å². The molecular weight excluding hydrogens is 462 g/mol. The molecule has 1 N–H and O–H groups in total. The number of nitrogens with one attached hydrogen (secondary N) is 1. The van der Waals surface area contributed by atoms with E-state index < -0.39 is 0 Å². The summed E-state index contributed by atoms with van der Waals surface area (Å²) in [5, 5.41) is 3.00. The Kier molecular flexibility index (Phi) is 9.19. The molecule has 0 aliphatic carbocycles. The van der Waals surface area contributed by atoms with Gasteiger partial charge in [-0.25, -0.2) is 4.98 Å².